The van der Waals surface area contributed by atoms with Crippen molar-refractivity contribution >= 4 is 11.6 Å². The van der Waals surface area contributed by atoms with Crippen LogP contribution in [0.5, 0.6) is 0 Å². The molecule has 0 N–H and O–H groups in total. The Balaban J connectivity index is 2.47. The van der Waals surface area contributed by atoms with Gasteiger partial charge in [0.2, 0.25) is 0 Å². The molecule has 0 saturated carbocycles. The Bertz CT molecular complexity index is 432. The first kappa shape index (κ1) is 15.4. The summed E-state index contributed by atoms with van der Waals surface area (Å²) in [4.78, 5) is 22.9. The minimum atomic E-state index is -0.493. The monoisotopic (exact) mass is 258 g/mol. The van der Waals surface area contributed by atoms with Crippen molar-refractivity contribution < 1.29 is 9.59 Å². The van der Waals surface area contributed by atoms with Crippen LogP contribution in [-0.2, 0) is 16.0 Å². The van der Waals surface area contributed by atoms with E-state index in [-0.39, 0.29) is 17.5 Å². The van der Waals surface area contributed by atoms with Gasteiger partial charge in [0.1, 0.15) is 11.6 Å². The van der Waals surface area contributed by atoms with Crippen LogP contribution >= 0.6 is 0 Å². The second-order valence-corrected chi connectivity index (χ2v) is 5.01. The van der Waals surface area contributed by atoms with Crippen molar-refractivity contribution in [1.82, 2.24) is 0 Å². The maximum atomic E-state index is 11.4. The molecule has 1 aromatic carbocycles. The maximum absolute atomic E-state index is 11.4. The molecule has 0 fully saturated rings. The molecular weight excluding hydrogens is 236 g/mol. The molecule has 2 nitrogen and oxygen atoms in total. The van der Waals surface area contributed by atoms with Gasteiger partial charge in [-0.05, 0) is 38.2 Å². The quantitative estimate of drug-likeness (QED) is 0.553. The molecule has 0 aliphatic carbocycles. The van der Waals surface area contributed by atoms with Gasteiger partial charge in [-0.2, -0.15) is 0 Å². The first-order valence-electron chi connectivity index (χ1n) is 6.74. The Labute approximate surface area is 115 Å². The van der Waals surface area contributed by atoms with E-state index in [0.717, 1.165) is 12.8 Å². The molecule has 0 saturated heterocycles. The smallest absolute Gasteiger partial charge is 0.140 e. The number of rotatable bonds is 7. The van der Waals surface area contributed by atoms with E-state index in [0.29, 0.717) is 0 Å². The van der Waals surface area contributed by atoms with Gasteiger partial charge >= 0.3 is 0 Å². The van der Waals surface area contributed by atoms with Gasteiger partial charge in [0.25, 0.3) is 0 Å². The Hall–Kier alpha value is -1.70. The standard InChI is InChI=1S/C17H22O2/c1-13(17(14(2)18)15(3)19)9-7-8-12-16-10-5-4-6-11-16/h4-7,9-11,13,17H,8,12H2,1-3H3/b9-7+. The third kappa shape index (κ3) is 5.21. The van der Waals surface area contributed by atoms with Crippen molar-refractivity contribution in [3.8, 4) is 0 Å². The largest absolute Gasteiger partial charge is 0.299 e. The van der Waals surface area contributed by atoms with E-state index < -0.39 is 5.92 Å². The topological polar surface area (TPSA) is 34.1 Å². The Morgan fingerprint density at radius 1 is 1.11 bits per heavy atom. The van der Waals surface area contributed by atoms with Crippen LogP contribution in [0.3, 0.4) is 0 Å². The summed E-state index contributed by atoms with van der Waals surface area (Å²) in [5, 5.41) is 0. The average Bonchev–Trinajstić information content (AvgIpc) is 2.35. The highest BCUT2D eigenvalue weighted by atomic mass is 16.1. The molecule has 0 radical (unpaired) electrons. The number of hydrogen-bond acceptors (Lipinski definition) is 2. The van der Waals surface area contributed by atoms with Gasteiger partial charge in [-0.1, -0.05) is 49.4 Å². The summed E-state index contributed by atoms with van der Waals surface area (Å²) in [5.74, 6) is -0.612. The molecule has 0 spiro atoms. The van der Waals surface area contributed by atoms with Gasteiger partial charge < -0.3 is 0 Å². The number of allylic oxidation sites excluding steroid dienone is 2. The lowest BCUT2D eigenvalue weighted by atomic mass is 9.87. The van der Waals surface area contributed by atoms with Gasteiger partial charge in [-0.3, -0.25) is 9.59 Å². The number of carbonyl (C=O) groups excluding carboxylic acids is 2. The molecular formula is C17H22O2. The van der Waals surface area contributed by atoms with E-state index in [1.807, 2.05) is 31.2 Å². The third-order valence-electron chi connectivity index (χ3n) is 3.28. The number of aryl methyl sites for hydroxylation is 1. The molecule has 0 aliphatic heterocycles. The van der Waals surface area contributed by atoms with E-state index >= 15 is 0 Å². The summed E-state index contributed by atoms with van der Waals surface area (Å²) < 4.78 is 0. The van der Waals surface area contributed by atoms with Gasteiger partial charge in [0.15, 0.2) is 0 Å². The van der Waals surface area contributed by atoms with Crippen molar-refractivity contribution in [2.75, 3.05) is 0 Å². The summed E-state index contributed by atoms with van der Waals surface area (Å²) in [6.07, 6.45) is 5.96. The van der Waals surface area contributed by atoms with Crippen LogP contribution in [0.2, 0.25) is 0 Å². The van der Waals surface area contributed by atoms with Gasteiger partial charge in [0, 0.05) is 0 Å². The summed E-state index contributed by atoms with van der Waals surface area (Å²) in [6, 6.07) is 10.3. The Kier molecular flexibility index (Phi) is 6.20. The normalized spacial score (nSPS) is 12.8. The van der Waals surface area contributed by atoms with Crippen molar-refractivity contribution in [3.63, 3.8) is 0 Å². The van der Waals surface area contributed by atoms with Gasteiger partial charge in [-0.25, -0.2) is 0 Å². The molecule has 19 heavy (non-hydrogen) atoms. The lowest BCUT2D eigenvalue weighted by molar-refractivity contribution is -0.131. The fraction of sp³-hybridized carbons (Fsp3) is 0.412. The predicted octanol–water partition coefficient (Wildman–Crippen LogP) is 3.61. The van der Waals surface area contributed by atoms with Crippen LogP contribution in [0.25, 0.3) is 0 Å². The molecule has 0 aliphatic rings. The number of carbonyl (C=O) groups is 2. The van der Waals surface area contributed by atoms with Crippen molar-refractivity contribution in [2.24, 2.45) is 11.8 Å². The van der Waals surface area contributed by atoms with E-state index in [9.17, 15) is 9.59 Å². The zero-order valence-electron chi connectivity index (χ0n) is 11.9. The van der Waals surface area contributed by atoms with E-state index in [1.165, 1.54) is 19.4 Å². The molecule has 1 atom stereocenters. The third-order valence-corrected chi connectivity index (χ3v) is 3.28. The highest BCUT2D eigenvalue weighted by Crippen LogP contribution is 2.16. The summed E-state index contributed by atoms with van der Waals surface area (Å²) >= 11 is 0. The molecule has 1 rings (SSSR count). The van der Waals surface area contributed by atoms with Crippen LogP contribution in [0.4, 0.5) is 0 Å². The molecule has 2 heteroatoms. The first-order valence-corrected chi connectivity index (χ1v) is 6.74. The number of ketones is 2. The predicted molar refractivity (Wildman–Crippen MR) is 77.9 cm³/mol. The highest BCUT2D eigenvalue weighted by Gasteiger charge is 2.24. The number of Topliss-reactive ketones (excluding diaryl/α,β-unsaturated/α-hetero) is 2. The molecule has 0 amide bonds. The van der Waals surface area contributed by atoms with E-state index in [4.69, 9.17) is 0 Å². The summed E-state index contributed by atoms with van der Waals surface area (Å²) in [7, 11) is 0. The number of benzene rings is 1. The zero-order valence-corrected chi connectivity index (χ0v) is 11.9. The SMILES string of the molecule is CC(=O)C(C(C)=O)C(C)/C=C/CCc1ccccc1. The van der Waals surface area contributed by atoms with Crippen LogP contribution < -0.4 is 0 Å². The fourth-order valence-corrected chi connectivity index (χ4v) is 2.34. The van der Waals surface area contributed by atoms with Gasteiger partial charge in [0.05, 0.1) is 5.92 Å². The van der Waals surface area contributed by atoms with Crippen LogP contribution in [-0.4, -0.2) is 11.6 Å². The lowest BCUT2D eigenvalue weighted by Gasteiger charge is -2.15. The second-order valence-electron chi connectivity index (χ2n) is 5.01. The van der Waals surface area contributed by atoms with Crippen LogP contribution in [0, 0.1) is 11.8 Å². The molecule has 0 bridgehead atoms. The second kappa shape index (κ2) is 7.67. The first-order chi connectivity index (χ1) is 9.02. The van der Waals surface area contributed by atoms with Crippen molar-refractivity contribution in [3.05, 3.63) is 48.0 Å². The fourth-order valence-electron chi connectivity index (χ4n) is 2.34. The van der Waals surface area contributed by atoms with E-state index in [1.54, 1.807) is 0 Å². The molecule has 1 aromatic rings. The van der Waals surface area contributed by atoms with Crippen LogP contribution in [0.1, 0.15) is 32.8 Å². The molecule has 0 heterocycles. The number of hydrogen-bond donors (Lipinski definition) is 0. The molecule has 0 aromatic heterocycles. The van der Waals surface area contributed by atoms with Crippen molar-refractivity contribution in [2.45, 2.75) is 33.6 Å². The van der Waals surface area contributed by atoms with Crippen molar-refractivity contribution in [1.29, 1.82) is 0 Å². The van der Waals surface area contributed by atoms with Gasteiger partial charge in [-0.15, -0.1) is 0 Å². The lowest BCUT2D eigenvalue weighted by Crippen LogP contribution is -2.25. The zero-order chi connectivity index (χ0) is 14.3. The molecule has 1 unspecified atom stereocenters. The summed E-state index contributed by atoms with van der Waals surface area (Å²) in [5.41, 5.74) is 1.30. The Morgan fingerprint density at radius 2 is 1.68 bits per heavy atom. The Morgan fingerprint density at radius 3 is 2.21 bits per heavy atom. The maximum Gasteiger partial charge on any atom is 0.140 e. The average molecular weight is 258 g/mol. The minimum absolute atomic E-state index is 0.0224. The molecule has 102 valence electrons. The van der Waals surface area contributed by atoms with E-state index in [2.05, 4.69) is 18.2 Å². The highest BCUT2D eigenvalue weighted by molar-refractivity contribution is 6.00. The minimum Gasteiger partial charge on any atom is -0.299 e. The summed E-state index contributed by atoms with van der Waals surface area (Å²) in [6.45, 7) is 4.90. The van der Waals surface area contributed by atoms with Crippen LogP contribution in [0.15, 0.2) is 42.5 Å².